The summed E-state index contributed by atoms with van der Waals surface area (Å²) in [7, 11) is 0. The number of rotatable bonds is 3. The average Bonchev–Trinajstić information content (AvgIpc) is 2.91. The molecule has 1 saturated heterocycles. The molecular formula is C16H21N3O2. The van der Waals surface area contributed by atoms with Crippen molar-refractivity contribution in [2.24, 2.45) is 5.92 Å². The number of amides is 1. The van der Waals surface area contributed by atoms with Crippen LogP contribution in [0.4, 0.5) is 0 Å². The standard InChI is InChI=1S/C16H21N3O2/c1-11(20)12-5-4-8-19(10-12)16(21)9-15-13-6-2-3-7-14(13)17-18-15/h2-3,6-7,11-12,20H,4-5,8-10H2,1H3,(H,17,18). The van der Waals surface area contributed by atoms with Crippen molar-refractivity contribution in [3.05, 3.63) is 30.0 Å². The van der Waals surface area contributed by atoms with Crippen LogP contribution in [0.2, 0.25) is 0 Å². The average molecular weight is 287 g/mol. The summed E-state index contributed by atoms with van der Waals surface area (Å²) in [4.78, 5) is 14.3. The van der Waals surface area contributed by atoms with Crippen LogP contribution in [0.5, 0.6) is 0 Å². The lowest BCUT2D eigenvalue weighted by Crippen LogP contribution is -2.43. The van der Waals surface area contributed by atoms with Gasteiger partial charge in [0.05, 0.1) is 23.7 Å². The van der Waals surface area contributed by atoms with Gasteiger partial charge in [0.2, 0.25) is 5.91 Å². The lowest BCUT2D eigenvalue weighted by Gasteiger charge is -2.34. The maximum Gasteiger partial charge on any atom is 0.228 e. The van der Waals surface area contributed by atoms with Crippen LogP contribution >= 0.6 is 0 Å². The first kappa shape index (κ1) is 14.1. The summed E-state index contributed by atoms with van der Waals surface area (Å²) in [5.74, 6) is 0.302. The van der Waals surface area contributed by atoms with Crippen molar-refractivity contribution in [3.8, 4) is 0 Å². The van der Waals surface area contributed by atoms with Crippen molar-refractivity contribution in [1.29, 1.82) is 0 Å². The van der Waals surface area contributed by atoms with Crippen molar-refractivity contribution in [1.82, 2.24) is 15.1 Å². The predicted octanol–water partition coefficient (Wildman–Crippen LogP) is 1.72. The summed E-state index contributed by atoms with van der Waals surface area (Å²) in [6, 6.07) is 7.81. The number of carbonyl (C=O) groups excluding carboxylic acids is 1. The Morgan fingerprint density at radius 1 is 1.52 bits per heavy atom. The first-order valence-corrected chi connectivity index (χ1v) is 7.53. The quantitative estimate of drug-likeness (QED) is 0.903. The molecule has 3 rings (SSSR count). The number of aliphatic hydroxyl groups is 1. The summed E-state index contributed by atoms with van der Waals surface area (Å²) < 4.78 is 0. The van der Waals surface area contributed by atoms with Gasteiger partial charge in [-0.25, -0.2) is 0 Å². The molecule has 2 heterocycles. The number of fused-ring (bicyclic) bond motifs is 1. The van der Waals surface area contributed by atoms with Gasteiger partial charge in [-0.1, -0.05) is 18.2 Å². The number of nitrogens with zero attached hydrogens (tertiary/aromatic N) is 2. The number of hydrogen-bond donors (Lipinski definition) is 2. The number of para-hydroxylation sites is 1. The Kier molecular flexibility index (Phi) is 3.92. The second-order valence-corrected chi connectivity index (χ2v) is 5.88. The fraction of sp³-hybridized carbons (Fsp3) is 0.500. The number of benzene rings is 1. The zero-order valence-electron chi connectivity index (χ0n) is 12.2. The molecule has 1 aromatic heterocycles. The summed E-state index contributed by atoms with van der Waals surface area (Å²) in [5.41, 5.74) is 1.76. The molecule has 1 aliphatic rings. The van der Waals surface area contributed by atoms with E-state index in [9.17, 15) is 9.90 Å². The maximum absolute atomic E-state index is 12.5. The minimum Gasteiger partial charge on any atom is -0.393 e. The van der Waals surface area contributed by atoms with Gasteiger partial charge in [0, 0.05) is 24.4 Å². The van der Waals surface area contributed by atoms with E-state index in [4.69, 9.17) is 0 Å². The monoisotopic (exact) mass is 287 g/mol. The van der Waals surface area contributed by atoms with Crippen LogP contribution in [-0.4, -0.2) is 45.3 Å². The Morgan fingerprint density at radius 3 is 3.14 bits per heavy atom. The molecular weight excluding hydrogens is 266 g/mol. The summed E-state index contributed by atoms with van der Waals surface area (Å²) in [6.45, 7) is 3.25. The van der Waals surface area contributed by atoms with Crippen LogP contribution in [-0.2, 0) is 11.2 Å². The number of likely N-dealkylation sites (tertiary alicyclic amines) is 1. The summed E-state index contributed by atoms with van der Waals surface area (Å²) in [6.07, 6.45) is 1.94. The second-order valence-electron chi connectivity index (χ2n) is 5.88. The Hall–Kier alpha value is -1.88. The van der Waals surface area contributed by atoms with E-state index in [1.807, 2.05) is 29.2 Å². The number of nitrogens with one attached hydrogen (secondary N) is 1. The predicted molar refractivity (Wildman–Crippen MR) is 80.8 cm³/mol. The number of piperidine rings is 1. The number of hydrogen-bond acceptors (Lipinski definition) is 3. The minimum atomic E-state index is -0.353. The topological polar surface area (TPSA) is 69.2 Å². The zero-order valence-corrected chi connectivity index (χ0v) is 12.2. The molecule has 1 aromatic carbocycles. The lowest BCUT2D eigenvalue weighted by atomic mass is 9.93. The van der Waals surface area contributed by atoms with Gasteiger partial charge < -0.3 is 10.0 Å². The van der Waals surface area contributed by atoms with Gasteiger partial charge in [0.15, 0.2) is 0 Å². The molecule has 2 N–H and O–H groups in total. The Morgan fingerprint density at radius 2 is 2.33 bits per heavy atom. The molecule has 0 saturated carbocycles. The molecule has 2 unspecified atom stereocenters. The largest absolute Gasteiger partial charge is 0.393 e. The molecule has 112 valence electrons. The van der Waals surface area contributed by atoms with Gasteiger partial charge in [-0.15, -0.1) is 0 Å². The number of H-pyrrole nitrogens is 1. The molecule has 2 atom stereocenters. The molecule has 1 amide bonds. The normalized spacial score (nSPS) is 20.7. The smallest absolute Gasteiger partial charge is 0.228 e. The van der Waals surface area contributed by atoms with Crippen LogP contribution in [0.15, 0.2) is 24.3 Å². The third-order valence-corrected chi connectivity index (χ3v) is 4.36. The van der Waals surface area contributed by atoms with Crippen molar-refractivity contribution in [3.63, 3.8) is 0 Å². The first-order chi connectivity index (χ1) is 10.1. The number of carbonyl (C=O) groups is 1. The number of aromatic nitrogens is 2. The number of aliphatic hydroxyl groups excluding tert-OH is 1. The van der Waals surface area contributed by atoms with Crippen molar-refractivity contribution < 1.29 is 9.90 Å². The van der Waals surface area contributed by atoms with Gasteiger partial charge in [0.1, 0.15) is 0 Å². The fourth-order valence-electron chi connectivity index (χ4n) is 3.04. The Balaban J connectivity index is 1.71. The molecule has 2 aromatic rings. The Bertz CT molecular complexity index is 635. The van der Waals surface area contributed by atoms with Gasteiger partial charge in [-0.3, -0.25) is 9.89 Å². The third-order valence-electron chi connectivity index (χ3n) is 4.36. The van der Waals surface area contributed by atoms with Crippen molar-refractivity contribution in [2.75, 3.05) is 13.1 Å². The lowest BCUT2D eigenvalue weighted by molar-refractivity contribution is -0.133. The van der Waals surface area contributed by atoms with E-state index in [2.05, 4.69) is 10.2 Å². The highest BCUT2D eigenvalue weighted by Crippen LogP contribution is 2.21. The van der Waals surface area contributed by atoms with E-state index in [1.165, 1.54) is 0 Å². The van der Waals surface area contributed by atoms with E-state index in [0.29, 0.717) is 13.0 Å². The summed E-state index contributed by atoms with van der Waals surface area (Å²) >= 11 is 0. The zero-order chi connectivity index (χ0) is 14.8. The molecule has 0 spiro atoms. The Labute approximate surface area is 124 Å². The van der Waals surface area contributed by atoms with Gasteiger partial charge in [0.25, 0.3) is 0 Å². The van der Waals surface area contributed by atoms with Crippen LogP contribution in [0, 0.1) is 5.92 Å². The van der Waals surface area contributed by atoms with E-state index in [0.717, 1.165) is 36.0 Å². The van der Waals surface area contributed by atoms with Crippen LogP contribution in [0.1, 0.15) is 25.5 Å². The molecule has 0 aliphatic carbocycles. The van der Waals surface area contributed by atoms with E-state index >= 15 is 0 Å². The van der Waals surface area contributed by atoms with Crippen LogP contribution in [0.3, 0.4) is 0 Å². The second kappa shape index (κ2) is 5.85. The molecule has 1 aliphatic heterocycles. The molecule has 0 bridgehead atoms. The first-order valence-electron chi connectivity index (χ1n) is 7.53. The summed E-state index contributed by atoms with van der Waals surface area (Å²) in [5, 5.41) is 17.9. The minimum absolute atomic E-state index is 0.106. The molecule has 5 heteroatoms. The van der Waals surface area contributed by atoms with Crippen molar-refractivity contribution in [2.45, 2.75) is 32.3 Å². The highest BCUT2D eigenvalue weighted by atomic mass is 16.3. The van der Waals surface area contributed by atoms with Crippen LogP contribution in [0.25, 0.3) is 10.9 Å². The van der Waals surface area contributed by atoms with Gasteiger partial charge >= 0.3 is 0 Å². The van der Waals surface area contributed by atoms with E-state index in [-0.39, 0.29) is 17.9 Å². The molecule has 5 nitrogen and oxygen atoms in total. The SMILES string of the molecule is CC(O)C1CCCN(C(=O)Cc2[nH]nc3ccccc23)C1. The fourth-order valence-corrected chi connectivity index (χ4v) is 3.04. The number of aromatic amines is 1. The molecule has 0 radical (unpaired) electrons. The molecule has 21 heavy (non-hydrogen) atoms. The van der Waals surface area contributed by atoms with Crippen molar-refractivity contribution >= 4 is 16.8 Å². The highest BCUT2D eigenvalue weighted by molar-refractivity contribution is 5.87. The van der Waals surface area contributed by atoms with E-state index in [1.54, 1.807) is 6.92 Å². The highest BCUT2D eigenvalue weighted by Gasteiger charge is 2.26. The molecule has 1 fully saturated rings. The van der Waals surface area contributed by atoms with E-state index < -0.39 is 0 Å². The third kappa shape index (κ3) is 2.93. The van der Waals surface area contributed by atoms with Gasteiger partial charge in [-0.05, 0) is 25.8 Å². The maximum atomic E-state index is 12.5. The van der Waals surface area contributed by atoms with Gasteiger partial charge in [-0.2, -0.15) is 5.10 Å². The van der Waals surface area contributed by atoms with Crippen LogP contribution < -0.4 is 0 Å².